The summed E-state index contributed by atoms with van der Waals surface area (Å²) in [4.78, 5) is 123. The number of carboxylic acids is 1. The number of hydrogen-bond donors (Lipinski definition) is 5. The number of benzene rings is 3. The molecule has 20 nitrogen and oxygen atoms in total. The number of thioether (sulfide) groups is 1. The zero-order valence-corrected chi connectivity index (χ0v) is 35.0. The summed E-state index contributed by atoms with van der Waals surface area (Å²) in [5.74, 6) is -10.9. The highest BCUT2D eigenvalue weighted by atomic mass is 32.2. The van der Waals surface area contributed by atoms with Gasteiger partial charge in [0.15, 0.2) is 11.5 Å². The van der Waals surface area contributed by atoms with Gasteiger partial charge in [-0.25, -0.2) is 9.59 Å². The van der Waals surface area contributed by atoms with E-state index in [1.807, 2.05) is 5.48 Å². The van der Waals surface area contributed by atoms with Crippen LogP contribution in [0.4, 0.5) is 4.79 Å². The number of rotatable bonds is 14. The lowest BCUT2D eigenvalue weighted by molar-refractivity contribution is -0.162. The zero-order valence-electron chi connectivity index (χ0n) is 34.2. The molecule has 63 heavy (non-hydrogen) atoms. The third-order valence-electron chi connectivity index (χ3n) is 10.3. The predicted molar refractivity (Wildman–Crippen MR) is 218 cm³/mol. The first kappa shape index (κ1) is 45.4. The van der Waals surface area contributed by atoms with Gasteiger partial charge in [0, 0.05) is 51.7 Å². The molecule has 0 aromatic heterocycles. The predicted octanol–water partition coefficient (Wildman–Crippen LogP) is 1.79. The number of likely N-dealkylation sites (N-methyl/N-ethyl adjacent to an activating group) is 1. The van der Waals surface area contributed by atoms with Gasteiger partial charge in [-0.15, -0.1) is 11.8 Å². The standard InChI is InChI=1S/C42H42N6O14S/c1-5-46-18-19-47(38(55)37(46)54)41(58)43-32(27-16-17-29(60-22(2)49)30(20-27)61-23(3)50)35(52)44-42(62-24(4)51,31(25-12-8-6-9-13-25)26-14-10-7-11-15-26)28-21-63-39-33(45-59)36(53)48(39)34(28)40(56)57/h6-17,20,31-33,39,45,59H,5,18-19,21H2,1-4H3,(H,43,58)(H,44,52)(H,56,57)/t32?,33-,39+,42?/m0/s1. The maximum atomic E-state index is 15.4. The highest BCUT2D eigenvalue weighted by Crippen LogP contribution is 2.49. The molecule has 0 spiro atoms. The maximum Gasteiger partial charge on any atom is 0.352 e. The van der Waals surface area contributed by atoms with Crippen molar-refractivity contribution in [3.05, 3.63) is 107 Å². The topological polar surface area (TPSA) is 268 Å². The summed E-state index contributed by atoms with van der Waals surface area (Å²) in [6, 6.07) is 15.7. The molecule has 0 saturated carbocycles. The van der Waals surface area contributed by atoms with Crippen molar-refractivity contribution in [2.45, 2.75) is 56.8 Å². The fourth-order valence-corrected chi connectivity index (χ4v) is 9.06. The number of hydroxylamine groups is 1. The third kappa shape index (κ3) is 9.10. The average molecular weight is 887 g/mol. The van der Waals surface area contributed by atoms with Gasteiger partial charge in [0.1, 0.15) is 23.2 Å². The highest BCUT2D eigenvalue weighted by molar-refractivity contribution is 8.00. The van der Waals surface area contributed by atoms with Gasteiger partial charge < -0.3 is 40.1 Å². The van der Waals surface area contributed by atoms with Crippen molar-refractivity contribution in [2.24, 2.45) is 0 Å². The van der Waals surface area contributed by atoms with E-state index in [0.29, 0.717) is 16.0 Å². The lowest BCUT2D eigenvalue weighted by Crippen LogP contribution is -2.71. The summed E-state index contributed by atoms with van der Waals surface area (Å²) in [6.07, 6.45) is 0. The first-order valence-corrected chi connectivity index (χ1v) is 20.4. The van der Waals surface area contributed by atoms with Crippen LogP contribution in [0.25, 0.3) is 0 Å². The summed E-state index contributed by atoms with van der Waals surface area (Å²) in [6.45, 7) is 4.67. The Bertz CT molecular complexity index is 2360. The second kappa shape index (κ2) is 18.9. The highest BCUT2D eigenvalue weighted by Gasteiger charge is 2.59. The summed E-state index contributed by atoms with van der Waals surface area (Å²) in [5.41, 5.74) is -1.06. The van der Waals surface area contributed by atoms with E-state index in [1.54, 1.807) is 67.6 Å². The Kier molecular flexibility index (Phi) is 13.6. The Labute approximate surface area is 363 Å². The lowest BCUT2D eigenvalue weighted by Gasteiger charge is -2.52. The molecule has 3 aromatic carbocycles. The quantitative estimate of drug-likeness (QED) is 0.0386. The molecule has 2 saturated heterocycles. The smallest absolute Gasteiger partial charge is 0.352 e. The van der Waals surface area contributed by atoms with Gasteiger partial charge >= 0.3 is 41.7 Å². The molecule has 3 heterocycles. The number of urea groups is 1. The molecule has 3 aromatic rings. The zero-order chi connectivity index (χ0) is 45.7. The van der Waals surface area contributed by atoms with E-state index in [4.69, 9.17) is 14.2 Å². The minimum absolute atomic E-state index is 0.0307. The summed E-state index contributed by atoms with van der Waals surface area (Å²) >= 11 is 0.997. The second-order valence-electron chi connectivity index (χ2n) is 14.3. The number of β-lactam (4-membered cyclic amide) rings is 1. The van der Waals surface area contributed by atoms with E-state index in [9.17, 15) is 48.7 Å². The Morgan fingerprint density at radius 1 is 0.810 bits per heavy atom. The van der Waals surface area contributed by atoms with Crippen LogP contribution in [0.2, 0.25) is 0 Å². The lowest BCUT2D eigenvalue weighted by atomic mass is 9.77. The Balaban J connectivity index is 1.60. The Morgan fingerprint density at radius 2 is 1.41 bits per heavy atom. The first-order chi connectivity index (χ1) is 30.0. The monoisotopic (exact) mass is 886 g/mol. The molecule has 6 amide bonds. The first-order valence-electron chi connectivity index (χ1n) is 19.4. The van der Waals surface area contributed by atoms with Crippen LogP contribution in [0.1, 0.15) is 56.3 Å². The largest absolute Gasteiger partial charge is 0.477 e. The van der Waals surface area contributed by atoms with Crippen LogP contribution in [0.15, 0.2) is 90.1 Å². The Hall–Kier alpha value is -7.10. The van der Waals surface area contributed by atoms with Gasteiger partial charge in [0.25, 0.3) is 11.8 Å². The third-order valence-corrected chi connectivity index (χ3v) is 11.6. The van der Waals surface area contributed by atoms with Gasteiger partial charge in [-0.3, -0.25) is 43.4 Å². The molecule has 6 rings (SSSR count). The second-order valence-corrected chi connectivity index (χ2v) is 15.4. The fourth-order valence-electron chi connectivity index (χ4n) is 7.64. The number of carboxylic acid groups (broad SMARTS) is 1. The van der Waals surface area contributed by atoms with E-state index >= 15 is 4.79 Å². The van der Waals surface area contributed by atoms with Gasteiger partial charge in [0.05, 0.1) is 5.92 Å². The minimum Gasteiger partial charge on any atom is -0.477 e. The van der Waals surface area contributed by atoms with Gasteiger partial charge in [-0.2, -0.15) is 5.48 Å². The van der Waals surface area contributed by atoms with Crippen molar-refractivity contribution in [2.75, 3.05) is 25.4 Å². The Morgan fingerprint density at radius 3 is 1.95 bits per heavy atom. The molecule has 2 unspecified atom stereocenters. The normalized spacial score (nSPS) is 18.7. The minimum atomic E-state index is -2.58. The average Bonchev–Trinajstić information content (AvgIpc) is 3.24. The van der Waals surface area contributed by atoms with Crippen molar-refractivity contribution in [1.82, 2.24) is 30.8 Å². The maximum absolute atomic E-state index is 15.4. The number of amides is 6. The SMILES string of the molecule is CCN1CCN(C(=O)NC(C(=O)NC(OC(C)=O)(C2=C(C(=O)O)N3C(=O)[C@H](NO)[C@H]3SC2)C(c2ccccc2)c2ccccc2)c2ccc(OC(C)=O)c(OC(C)=O)c2)C(=O)C1=O. The molecule has 21 heteroatoms. The number of piperazine rings is 1. The van der Waals surface area contributed by atoms with Crippen LogP contribution in [0, 0.1) is 0 Å². The molecule has 4 atom stereocenters. The summed E-state index contributed by atoms with van der Waals surface area (Å²) in [5, 5.41) is 24.9. The fraction of sp³-hybridized carbons (Fsp3) is 0.310. The van der Waals surface area contributed by atoms with Crippen LogP contribution in [-0.2, 0) is 43.1 Å². The number of aliphatic carboxylic acids is 1. The van der Waals surface area contributed by atoms with E-state index in [1.165, 1.54) is 11.0 Å². The van der Waals surface area contributed by atoms with Crippen molar-refractivity contribution in [1.29, 1.82) is 0 Å². The van der Waals surface area contributed by atoms with E-state index in [0.717, 1.165) is 49.6 Å². The molecule has 3 aliphatic heterocycles. The van der Waals surface area contributed by atoms with Crippen LogP contribution in [-0.4, -0.2) is 121 Å². The molecule has 330 valence electrons. The number of hydrogen-bond acceptors (Lipinski definition) is 15. The van der Waals surface area contributed by atoms with Gasteiger partial charge in [-0.05, 0) is 35.7 Å². The van der Waals surface area contributed by atoms with Crippen LogP contribution in [0.3, 0.4) is 0 Å². The number of nitrogens with zero attached hydrogens (tertiary/aromatic N) is 3. The molecule has 0 radical (unpaired) electrons. The molecule has 5 N–H and O–H groups in total. The molecule has 3 aliphatic rings. The number of carbonyl (C=O) groups excluding carboxylic acids is 8. The molecule has 0 aliphatic carbocycles. The molecule has 0 bridgehead atoms. The molecular weight excluding hydrogens is 845 g/mol. The number of esters is 3. The number of fused-ring (bicyclic) bond motifs is 1. The number of nitrogens with one attached hydrogen (secondary N) is 3. The van der Waals surface area contributed by atoms with Gasteiger partial charge in [0.2, 0.25) is 5.72 Å². The molecular formula is C42H42N6O14S. The van der Waals surface area contributed by atoms with Gasteiger partial charge in [-0.1, -0.05) is 66.7 Å². The van der Waals surface area contributed by atoms with Crippen molar-refractivity contribution in [3.63, 3.8) is 0 Å². The van der Waals surface area contributed by atoms with Crippen molar-refractivity contribution < 1.29 is 67.7 Å². The van der Waals surface area contributed by atoms with E-state index in [2.05, 4.69) is 10.6 Å². The van der Waals surface area contributed by atoms with Crippen LogP contribution >= 0.6 is 11.8 Å². The molecule has 2 fully saturated rings. The summed E-state index contributed by atoms with van der Waals surface area (Å²) < 4.78 is 16.8. The van der Waals surface area contributed by atoms with Crippen LogP contribution in [0.5, 0.6) is 11.5 Å². The van der Waals surface area contributed by atoms with Crippen LogP contribution < -0.4 is 25.6 Å². The summed E-state index contributed by atoms with van der Waals surface area (Å²) in [7, 11) is 0. The van der Waals surface area contributed by atoms with E-state index < -0.39 is 88.3 Å². The number of carbonyl (C=O) groups is 9. The number of imide groups is 1. The van der Waals surface area contributed by atoms with Crippen molar-refractivity contribution in [3.8, 4) is 11.5 Å². The van der Waals surface area contributed by atoms with Crippen molar-refractivity contribution >= 4 is 65.3 Å². The number of ether oxygens (including phenoxy) is 3. The van der Waals surface area contributed by atoms with E-state index in [-0.39, 0.29) is 48.0 Å².